The molecule has 0 unspecified atom stereocenters. The van der Waals surface area contributed by atoms with E-state index < -0.39 is 49.6 Å². The van der Waals surface area contributed by atoms with Crippen molar-refractivity contribution in [2.45, 2.75) is 134 Å². The second-order valence-electron chi connectivity index (χ2n) is 15.3. The van der Waals surface area contributed by atoms with Gasteiger partial charge in [-0.2, -0.15) is 0 Å². The Labute approximate surface area is 287 Å². The molecule has 0 aliphatic heterocycles. The fourth-order valence-corrected chi connectivity index (χ4v) is 3.26. The van der Waals surface area contributed by atoms with E-state index >= 15 is 0 Å². The van der Waals surface area contributed by atoms with Crippen LogP contribution in [-0.2, 0) is 64.6 Å². The molecule has 45 heavy (non-hydrogen) atoms. The van der Waals surface area contributed by atoms with Crippen LogP contribution in [0.3, 0.4) is 0 Å². The Kier molecular flexibility index (Phi) is 27.4. The standard InChI is InChI=1S/4C8H14O3.Zr/c4*1-8(2,3)5-6(9)4-7(10)11;/h4*4-5H2,1-3H3,(H,10,11);/q;;;;+4/p-4. The molecule has 0 saturated heterocycles. The molecule has 0 aromatic rings. The molecule has 0 rings (SSSR count). The van der Waals surface area contributed by atoms with Gasteiger partial charge in [0.05, 0.1) is 0 Å². The van der Waals surface area contributed by atoms with Gasteiger partial charge in [-0.3, -0.25) is 19.2 Å². The zero-order valence-electron chi connectivity index (χ0n) is 29.1. The van der Waals surface area contributed by atoms with E-state index in [4.69, 9.17) is 0 Å². The van der Waals surface area contributed by atoms with Crippen LogP contribution in [-0.4, -0.2) is 47.0 Å². The molecule has 12 nitrogen and oxygen atoms in total. The van der Waals surface area contributed by atoms with Gasteiger partial charge in [0.15, 0.2) is 0 Å². The zero-order chi connectivity index (χ0) is 36.3. The summed E-state index contributed by atoms with van der Waals surface area (Å²) >= 11 is 0. The first kappa shape index (κ1) is 52.0. The molecule has 0 aliphatic carbocycles. The van der Waals surface area contributed by atoms with Crippen LogP contribution in [0, 0.1) is 21.7 Å². The first-order valence-corrected chi connectivity index (χ1v) is 14.1. The van der Waals surface area contributed by atoms with Crippen molar-refractivity contribution in [1.29, 1.82) is 0 Å². The van der Waals surface area contributed by atoms with Crippen molar-refractivity contribution in [2.75, 3.05) is 0 Å². The predicted molar refractivity (Wildman–Crippen MR) is 155 cm³/mol. The van der Waals surface area contributed by atoms with Gasteiger partial charge in [-0.05, 0) is 21.7 Å². The molecular weight excluding hydrogens is 668 g/mol. The average molecular weight is 720 g/mol. The van der Waals surface area contributed by atoms with E-state index in [1.165, 1.54) is 0 Å². The number of Topliss-reactive ketones (excluding diaryl/α,β-unsaturated/α-hetero) is 4. The minimum atomic E-state index is -1.29. The molecule has 0 N–H and O–H groups in total. The third-order valence-corrected chi connectivity index (χ3v) is 4.28. The number of hydrogen-bond donors (Lipinski definition) is 0. The Morgan fingerprint density at radius 2 is 0.444 bits per heavy atom. The van der Waals surface area contributed by atoms with E-state index in [-0.39, 0.29) is 71.0 Å². The third kappa shape index (κ3) is 57.6. The minimum absolute atomic E-state index is 0. The van der Waals surface area contributed by atoms with Crippen LogP contribution >= 0.6 is 0 Å². The Morgan fingerprint density at radius 1 is 0.333 bits per heavy atom. The third-order valence-electron chi connectivity index (χ3n) is 4.28. The van der Waals surface area contributed by atoms with E-state index in [0.29, 0.717) is 25.7 Å². The molecule has 0 amide bonds. The van der Waals surface area contributed by atoms with Crippen molar-refractivity contribution in [2.24, 2.45) is 21.7 Å². The van der Waals surface area contributed by atoms with Gasteiger partial charge in [0.25, 0.3) is 0 Å². The van der Waals surface area contributed by atoms with Crippen molar-refractivity contribution in [1.82, 2.24) is 0 Å². The Balaban J connectivity index is -0.000000157. The number of carbonyl (C=O) groups is 8. The van der Waals surface area contributed by atoms with Gasteiger partial charge in [-0.15, -0.1) is 0 Å². The van der Waals surface area contributed by atoms with Gasteiger partial charge in [0, 0.05) is 75.2 Å². The number of ketones is 4. The first-order valence-electron chi connectivity index (χ1n) is 14.1. The molecule has 0 fully saturated rings. The van der Waals surface area contributed by atoms with Crippen LogP contribution in [0.15, 0.2) is 0 Å². The van der Waals surface area contributed by atoms with Crippen LogP contribution in [0.2, 0.25) is 0 Å². The van der Waals surface area contributed by atoms with Crippen molar-refractivity contribution in [3.05, 3.63) is 0 Å². The van der Waals surface area contributed by atoms with E-state index in [9.17, 15) is 58.8 Å². The second-order valence-corrected chi connectivity index (χ2v) is 15.3. The molecule has 0 heterocycles. The minimum Gasteiger partial charge on any atom is -0.550 e. The van der Waals surface area contributed by atoms with E-state index in [1.54, 1.807) is 0 Å². The first-order chi connectivity index (χ1) is 19.2. The summed E-state index contributed by atoms with van der Waals surface area (Å²) in [6, 6.07) is 0. The molecule has 0 aromatic carbocycles. The topological polar surface area (TPSA) is 229 Å². The van der Waals surface area contributed by atoms with Crippen molar-refractivity contribution in [3.63, 3.8) is 0 Å². The van der Waals surface area contributed by atoms with Crippen molar-refractivity contribution >= 4 is 47.0 Å². The fraction of sp³-hybridized carbons (Fsp3) is 0.750. The van der Waals surface area contributed by atoms with E-state index in [2.05, 4.69) is 0 Å². The summed E-state index contributed by atoms with van der Waals surface area (Å²) in [7, 11) is 0. The number of carboxylic acid groups (broad SMARTS) is 4. The molecule has 256 valence electrons. The van der Waals surface area contributed by atoms with Crippen LogP contribution in [0.4, 0.5) is 0 Å². The van der Waals surface area contributed by atoms with Crippen LogP contribution in [0.1, 0.15) is 134 Å². The number of rotatable bonds is 12. The summed E-state index contributed by atoms with van der Waals surface area (Å²) in [5, 5.41) is 39.9. The van der Waals surface area contributed by atoms with Crippen LogP contribution in [0.25, 0.3) is 0 Å². The number of hydrogen-bond acceptors (Lipinski definition) is 12. The van der Waals surface area contributed by atoms with Gasteiger partial charge in [-0.1, -0.05) is 83.1 Å². The maximum atomic E-state index is 10.8. The number of aliphatic carboxylic acids is 4. The summed E-state index contributed by atoms with van der Waals surface area (Å²) in [6.07, 6.45) is -0.674. The molecule has 0 bridgehead atoms. The molecule has 0 aromatic heterocycles. The van der Waals surface area contributed by atoms with Gasteiger partial charge >= 0.3 is 26.2 Å². The Hall–Kier alpha value is -2.56. The maximum absolute atomic E-state index is 10.8. The number of carboxylic acids is 4. The maximum Gasteiger partial charge on any atom is 4.00 e. The molecule has 0 radical (unpaired) electrons. The largest absolute Gasteiger partial charge is 4.00 e. The smallest absolute Gasteiger partial charge is 0.550 e. The van der Waals surface area contributed by atoms with Gasteiger partial charge < -0.3 is 39.6 Å². The van der Waals surface area contributed by atoms with E-state index in [0.717, 1.165) is 0 Å². The fourth-order valence-electron chi connectivity index (χ4n) is 3.26. The monoisotopic (exact) mass is 718 g/mol. The summed E-state index contributed by atoms with van der Waals surface area (Å²) < 4.78 is 0. The molecule has 0 aliphatic rings. The Morgan fingerprint density at radius 3 is 0.511 bits per heavy atom. The van der Waals surface area contributed by atoms with E-state index in [1.807, 2.05) is 83.1 Å². The molecule has 13 heteroatoms. The van der Waals surface area contributed by atoms with Crippen molar-refractivity contribution < 1.29 is 85.0 Å². The predicted octanol–water partition coefficient (Wildman–Crippen LogP) is 0.524. The molecular formula is C32H52O12Zr. The van der Waals surface area contributed by atoms with Crippen LogP contribution < -0.4 is 20.4 Å². The molecule has 0 saturated carbocycles. The zero-order valence-corrected chi connectivity index (χ0v) is 31.5. The van der Waals surface area contributed by atoms with Gasteiger partial charge in [0.1, 0.15) is 23.1 Å². The SMILES string of the molecule is CC(C)(C)CC(=O)CC(=O)[O-].CC(C)(C)CC(=O)CC(=O)[O-].CC(C)(C)CC(=O)CC(=O)[O-].CC(C)(C)CC(=O)CC(=O)[O-].[Zr+4]. The van der Waals surface area contributed by atoms with Gasteiger partial charge in [0.2, 0.25) is 0 Å². The molecule has 0 spiro atoms. The Bertz CT molecular complexity index is 826. The number of carbonyl (C=O) groups excluding carboxylic acids is 8. The summed E-state index contributed by atoms with van der Waals surface area (Å²) in [6.45, 7) is 22.7. The second kappa shape index (κ2) is 23.7. The average Bonchev–Trinajstić information content (AvgIpc) is 2.60. The molecule has 0 atom stereocenters. The quantitative estimate of drug-likeness (QED) is 0.252. The summed E-state index contributed by atoms with van der Waals surface area (Å²) in [5.74, 6) is -6.23. The summed E-state index contributed by atoms with van der Waals surface area (Å²) in [5.41, 5.74) is -0.530. The summed E-state index contributed by atoms with van der Waals surface area (Å²) in [4.78, 5) is 83.2. The van der Waals surface area contributed by atoms with Gasteiger partial charge in [-0.25, -0.2) is 0 Å². The normalized spacial score (nSPS) is 10.9. The van der Waals surface area contributed by atoms with Crippen molar-refractivity contribution in [3.8, 4) is 0 Å². The van der Waals surface area contributed by atoms with Crippen LogP contribution in [0.5, 0.6) is 0 Å².